The van der Waals surface area contributed by atoms with Crippen LogP contribution in [0.1, 0.15) is 414 Å². The molecule has 0 rings (SSSR count). The van der Waals surface area contributed by atoms with E-state index in [1.807, 2.05) is 0 Å². The molecule has 0 saturated heterocycles. The summed E-state index contributed by atoms with van der Waals surface area (Å²) in [5.74, 6) is 0.149. The number of hydrogen-bond donors (Lipinski definition) is 3. The van der Waals surface area contributed by atoms with Crippen LogP contribution in [0.5, 0.6) is 0 Å². The van der Waals surface area contributed by atoms with Crippen molar-refractivity contribution in [3.05, 3.63) is 0 Å². The summed E-state index contributed by atoms with van der Waals surface area (Å²) in [5, 5.41) is 10.6. The van der Waals surface area contributed by atoms with E-state index in [4.69, 9.17) is 37.0 Å². The smallest absolute Gasteiger partial charge is 0.462 e. The number of carbonyl (C=O) groups excluding carboxylic acids is 4. The predicted octanol–water partition coefficient (Wildman–Crippen LogP) is 23.7. The summed E-state index contributed by atoms with van der Waals surface area (Å²) in [6.07, 6.45) is 58.5. The highest BCUT2D eigenvalue weighted by molar-refractivity contribution is 7.47. The van der Waals surface area contributed by atoms with Gasteiger partial charge in [0, 0.05) is 25.7 Å². The van der Waals surface area contributed by atoms with Crippen molar-refractivity contribution in [2.24, 2.45) is 17.8 Å². The lowest BCUT2D eigenvalue weighted by Gasteiger charge is -2.21. The molecule has 0 aliphatic carbocycles. The van der Waals surface area contributed by atoms with Crippen molar-refractivity contribution in [1.82, 2.24) is 0 Å². The van der Waals surface area contributed by atoms with Crippen LogP contribution in [0, 0.1) is 17.8 Å². The average molecular weight is 1450 g/mol. The molecule has 0 fully saturated rings. The fraction of sp³-hybridized carbons (Fsp3) is 0.950. The second-order valence-corrected chi connectivity index (χ2v) is 32.9. The summed E-state index contributed by atoms with van der Waals surface area (Å²) in [6.45, 7) is 11.9. The van der Waals surface area contributed by atoms with Crippen molar-refractivity contribution in [3.63, 3.8) is 0 Å². The number of phosphoric acid groups is 2. The van der Waals surface area contributed by atoms with Crippen molar-refractivity contribution in [3.8, 4) is 0 Å². The Labute approximate surface area is 607 Å². The normalized spacial score (nSPS) is 14.3. The standard InChI is InChI=1S/C80H156O17P2/c1-8-10-11-12-13-14-15-16-17-18-19-20-21-22-23-26-30-33-41-49-56-63-79(84)96-75(67-90-77(82)61-54-47-40-32-29-27-24-25-28-31-37-44-51-58-71(3)4)69-94-98(86,87)92-65-74(81)66-93-99(88,89)95-70-76(68-91-78(83)62-55-48-43-36-38-45-52-59-72(5)6)97-80(85)64-57-50-42-35-34-39-46-53-60-73(7)9-2/h71-76,81H,8-70H2,1-7H3,(H,86,87)(H,88,89)/t73?,74-,75-,76-/m1/s1. The molecule has 0 aliphatic rings. The van der Waals surface area contributed by atoms with Crippen LogP contribution in [0.25, 0.3) is 0 Å². The lowest BCUT2D eigenvalue weighted by molar-refractivity contribution is -0.161. The third kappa shape index (κ3) is 72.8. The van der Waals surface area contributed by atoms with Crippen LogP contribution >= 0.6 is 15.6 Å². The summed E-state index contributed by atoms with van der Waals surface area (Å²) in [5.41, 5.74) is 0. The number of aliphatic hydroxyl groups is 1. The summed E-state index contributed by atoms with van der Waals surface area (Å²) < 4.78 is 68.6. The van der Waals surface area contributed by atoms with E-state index in [-0.39, 0.29) is 25.7 Å². The minimum absolute atomic E-state index is 0.104. The highest BCUT2D eigenvalue weighted by Gasteiger charge is 2.30. The number of esters is 4. The van der Waals surface area contributed by atoms with Gasteiger partial charge in [-0.05, 0) is 43.4 Å². The maximum absolute atomic E-state index is 13.1. The molecule has 3 unspecified atom stereocenters. The Hall–Kier alpha value is -1.94. The van der Waals surface area contributed by atoms with Gasteiger partial charge in [-0.25, -0.2) is 9.13 Å². The molecule has 0 aliphatic heterocycles. The van der Waals surface area contributed by atoms with Crippen molar-refractivity contribution in [2.75, 3.05) is 39.6 Å². The van der Waals surface area contributed by atoms with E-state index in [9.17, 15) is 43.2 Å². The largest absolute Gasteiger partial charge is 0.472 e. The van der Waals surface area contributed by atoms with Crippen LogP contribution in [-0.4, -0.2) is 96.7 Å². The predicted molar refractivity (Wildman–Crippen MR) is 405 cm³/mol. The Kier molecular flexibility index (Phi) is 69.0. The zero-order valence-corrected chi connectivity index (χ0v) is 66.8. The van der Waals surface area contributed by atoms with Crippen LogP contribution < -0.4 is 0 Å². The van der Waals surface area contributed by atoms with Gasteiger partial charge in [0.2, 0.25) is 0 Å². The molecule has 3 N–H and O–H groups in total. The Morgan fingerprint density at radius 3 is 0.768 bits per heavy atom. The van der Waals surface area contributed by atoms with Gasteiger partial charge in [-0.3, -0.25) is 37.3 Å². The zero-order chi connectivity index (χ0) is 73.0. The van der Waals surface area contributed by atoms with E-state index >= 15 is 0 Å². The Bertz CT molecular complexity index is 1920. The minimum atomic E-state index is -4.96. The third-order valence-corrected chi connectivity index (χ3v) is 20.9. The summed E-state index contributed by atoms with van der Waals surface area (Å²) in [6, 6.07) is 0. The summed E-state index contributed by atoms with van der Waals surface area (Å²) in [4.78, 5) is 72.9. The quantitative estimate of drug-likeness (QED) is 0.0222. The monoisotopic (exact) mass is 1450 g/mol. The molecule has 17 nitrogen and oxygen atoms in total. The van der Waals surface area contributed by atoms with E-state index in [1.54, 1.807) is 0 Å². The molecule has 588 valence electrons. The topological polar surface area (TPSA) is 237 Å². The number of unbranched alkanes of at least 4 members (excludes halogenated alkanes) is 45. The second-order valence-electron chi connectivity index (χ2n) is 30.0. The molecule has 6 atom stereocenters. The van der Waals surface area contributed by atoms with Crippen molar-refractivity contribution >= 4 is 39.5 Å². The number of rotatable bonds is 78. The van der Waals surface area contributed by atoms with Crippen molar-refractivity contribution in [2.45, 2.75) is 433 Å². The number of ether oxygens (including phenoxy) is 4. The minimum Gasteiger partial charge on any atom is -0.462 e. The number of hydrogen-bond acceptors (Lipinski definition) is 15. The molecule has 0 bridgehead atoms. The lowest BCUT2D eigenvalue weighted by Crippen LogP contribution is -2.30. The van der Waals surface area contributed by atoms with Crippen molar-refractivity contribution < 1.29 is 80.2 Å². The number of aliphatic hydroxyl groups excluding tert-OH is 1. The van der Waals surface area contributed by atoms with Gasteiger partial charge < -0.3 is 33.8 Å². The van der Waals surface area contributed by atoms with E-state index < -0.39 is 97.5 Å². The van der Waals surface area contributed by atoms with Gasteiger partial charge in [0.05, 0.1) is 26.4 Å². The average Bonchev–Trinajstić information content (AvgIpc) is 1.02. The van der Waals surface area contributed by atoms with Gasteiger partial charge in [0.25, 0.3) is 0 Å². The first kappa shape index (κ1) is 97.1. The van der Waals surface area contributed by atoms with Crippen LogP contribution in [-0.2, 0) is 65.4 Å². The Morgan fingerprint density at radius 2 is 0.515 bits per heavy atom. The first-order chi connectivity index (χ1) is 47.8. The molecule has 19 heteroatoms. The maximum Gasteiger partial charge on any atom is 0.472 e. The van der Waals surface area contributed by atoms with E-state index in [0.717, 1.165) is 108 Å². The van der Waals surface area contributed by atoms with Crippen LogP contribution in [0.4, 0.5) is 0 Å². The SMILES string of the molecule is CCCCCCCCCCCCCCCCCCCCCCCC(=O)O[C@H](COC(=O)CCCCCCCCCCCCCCCC(C)C)COP(=O)(O)OC[C@@H](O)COP(=O)(O)OC[C@@H](COC(=O)CCCCCCCCCC(C)C)OC(=O)CCCCCCCCCCC(C)CC. The molecule has 0 saturated carbocycles. The fourth-order valence-corrected chi connectivity index (χ4v) is 13.9. The lowest BCUT2D eigenvalue weighted by atomic mass is 9.99. The van der Waals surface area contributed by atoms with Gasteiger partial charge in [-0.2, -0.15) is 0 Å². The Morgan fingerprint density at radius 1 is 0.293 bits per heavy atom. The second kappa shape index (κ2) is 70.4. The van der Waals surface area contributed by atoms with E-state index in [2.05, 4.69) is 48.5 Å². The van der Waals surface area contributed by atoms with Gasteiger partial charge in [-0.1, -0.05) is 363 Å². The summed E-state index contributed by atoms with van der Waals surface area (Å²) in [7, 11) is -9.92. The van der Waals surface area contributed by atoms with Gasteiger partial charge in [-0.15, -0.1) is 0 Å². The van der Waals surface area contributed by atoms with Gasteiger partial charge in [0.1, 0.15) is 19.3 Å². The molecule has 99 heavy (non-hydrogen) atoms. The van der Waals surface area contributed by atoms with Crippen molar-refractivity contribution in [1.29, 1.82) is 0 Å². The number of carbonyl (C=O) groups is 4. The molecular weight excluding hydrogens is 1290 g/mol. The molecule has 0 aromatic carbocycles. The fourth-order valence-electron chi connectivity index (χ4n) is 12.3. The highest BCUT2D eigenvalue weighted by Crippen LogP contribution is 2.45. The molecular formula is C80H156O17P2. The molecule has 0 spiro atoms. The van der Waals surface area contributed by atoms with Crippen LogP contribution in [0.15, 0.2) is 0 Å². The maximum atomic E-state index is 13.1. The molecule has 0 amide bonds. The van der Waals surface area contributed by atoms with Gasteiger partial charge >= 0.3 is 39.5 Å². The van der Waals surface area contributed by atoms with E-state index in [0.29, 0.717) is 31.6 Å². The van der Waals surface area contributed by atoms with E-state index in [1.165, 1.54) is 218 Å². The summed E-state index contributed by atoms with van der Waals surface area (Å²) >= 11 is 0. The molecule has 0 heterocycles. The first-order valence-electron chi connectivity index (χ1n) is 41.4. The van der Waals surface area contributed by atoms with Crippen LogP contribution in [0.3, 0.4) is 0 Å². The molecule has 0 aromatic heterocycles. The van der Waals surface area contributed by atoms with Crippen LogP contribution in [0.2, 0.25) is 0 Å². The molecule has 0 aromatic rings. The highest BCUT2D eigenvalue weighted by atomic mass is 31.2. The molecule has 0 radical (unpaired) electrons. The Balaban J connectivity index is 5.22. The van der Waals surface area contributed by atoms with Gasteiger partial charge in [0.15, 0.2) is 12.2 Å². The number of phosphoric ester groups is 2. The third-order valence-electron chi connectivity index (χ3n) is 19.0. The first-order valence-corrected chi connectivity index (χ1v) is 44.4. The zero-order valence-electron chi connectivity index (χ0n) is 65.0.